The minimum Gasteiger partial charge on any atom is -0.354 e. The van der Waals surface area contributed by atoms with Crippen LogP contribution in [-0.2, 0) is 14.8 Å². The van der Waals surface area contributed by atoms with Crippen LogP contribution in [0.5, 0.6) is 0 Å². The molecule has 1 saturated heterocycles. The van der Waals surface area contributed by atoms with Crippen LogP contribution in [-0.4, -0.2) is 54.1 Å². The van der Waals surface area contributed by atoms with Gasteiger partial charge in [0.25, 0.3) is 5.91 Å². The fraction of sp³-hybridized carbons (Fsp3) is 0.250. The lowest BCUT2D eigenvalue weighted by Gasteiger charge is -2.26. The van der Waals surface area contributed by atoms with Gasteiger partial charge in [-0.1, -0.05) is 18.2 Å². The molecule has 0 aliphatic carbocycles. The van der Waals surface area contributed by atoms with Crippen molar-refractivity contribution in [3.63, 3.8) is 0 Å². The summed E-state index contributed by atoms with van der Waals surface area (Å²) in [5.74, 6) is -0.164. The SMILES string of the molecule is CC(NC(=O)c1cccc(S(=O)(=O)N2CCNC(=O)C2)c1)c1nc2ccccc2[nH]1. The first-order valence-electron chi connectivity index (χ1n) is 9.47. The molecule has 1 aliphatic heterocycles. The molecule has 1 unspecified atom stereocenters. The van der Waals surface area contributed by atoms with E-state index in [2.05, 4.69) is 20.6 Å². The summed E-state index contributed by atoms with van der Waals surface area (Å²) < 4.78 is 26.8. The zero-order valence-electron chi connectivity index (χ0n) is 16.3. The predicted molar refractivity (Wildman–Crippen MR) is 110 cm³/mol. The lowest BCUT2D eigenvalue weighted by Crippen LogP contribution is -2.49. The average Bonchev–Trinajstić information content (AvgIpc) is 3.18. The van der Waals surface area contributed by atoms with E-state index in [4.69, 9.17) is 0 Å². The van der Waals surface area contributed by atoms with E-state index in [0.717, 1.165) is 15.3 Å². The zero-order chi connectivity index (χ0) is 21.3. The number of nitrogens with one attached hydrogen (secondary N) is 3. The molecule has 10 heteroatoms. The van der Waals surface area contributed by atoms with E-state index >= 15 is 0 Å². The summed E-state index contributed by atoms with van der Waals surface area (Å²) in [5.41, 5.74) is 1.88. The van der Waals surface area contributed by atoms with E-state index in [1.807, 2.05) is 24.3 Å². The monoisotopic (exact) mass is 427 g/mol. The third kappa shape index (κ3) is 3.91. The van der Waals surface area contributed by atoms with E-state index < -0.39 is 22.0 Å². The second kappa shape index (κ2) is 7.88. The molecule has 0 radical (unpaired) electrons. The standard InChI is InChI=1S/C20H21N5O4S/c1-13(19-23-16-7-2-3-8-17(16)24-19)22-20(27)14-5-4-6-15(11-14)30(28,29)25-10-9-21-18(26)12-25/h2-8,11,13H,9-10,12H2,1H3,(H,21,26)(H,22,27)(H,23,24). The second-order valence-corrected chi connectivity index (χ2v) is 8.99. The number of fused-ring (bicyclic) bond motifs is 1. The first kappa shape index (κ1) is 20.0. The number of imidazole rings is 1. The molecule has 1 fully saturated rings. The third-order valence-electron chi connectivity index (χ3n) is 4.90. The number of nitrogens with zero attached hydrogens (tertiary/aromatic N) is 2. The summed E-state index contributed by atoms with van der Waals surface area (Å²) in [6.07, 6.45) is 0. The Balaban J connectivity index is 1.52. The molecule has 1 aliphatic rings. The quantitative estimate of drug-likeness (QED) is 0.564. The van der Waals surface area contributed by atoms with Crippen molar-refractivity contribution in [1.82, 2.24) is 24.9 Å². The topological polar surface area (TPSA) is 124 Å². The molecule has 2 heterocycles. The minimum atomic E-state index is -3.87. The summed E-state index contributed by atoms with van der Waals surface area (Å²) in [4.78, 5) is 31.9. The van der Waals surface area contributed by atoms with Gasteiger partial charge < -0.3 is 15.6 Å². The Bertz CT molecular complexity index is 1190. The van der Waals surface area contributed by atoms with Gasteiger partial charge in [0, 0.05) is 18.7 Å². The molecular weight excluding hydrogens is 406 g/mol. The van der Waals surface area contributed by atoms with Crippen LogP contribution in [0.2, 0.25) is 0 Å². The van der Waals surface area contributed by atoms with Crippen molar-refractivity contribution in [2.24, 2.45) is 0 Å². The Hall–Kier alpha value is -3.24. The van der Waals surface area contributed by atoms with E-state index in [1.54, 1.807) is 13.0 Å². The molecule has 0 saturated carbocycles. The fourth-order valence-electron chi connectivity index (χ4n) is 3.29. The summed E-state index contributed by atoms with van der Waals surface area (Å²) in [7, 11) is -3.87. The molecule has 2 aromatic carbocycles. The number of sulfonamides is 1. The van der Waals surface area contributed by atoms with Gasteiger partial charge >= 0.3 is 0 Å². The van der Waals surface area contributed by atoms with Crippen LogP contribution >= 0.6 is 0 Å². The fourth-order valence-corrected chi connectivity index (χ4v) is 4.74. The van der Waals surface area contributed by atoms with Crippen LogP contribution in [0.1, 0.15) is 29.1 Å². The van der Waals surface area contributed by atoms with Gasteiger partial charge in [0.05, 0.1) is 28.5 Å². The highest BCUT2D eigenvalue weighted by molar-refractivity contribution is 7.89. The van der Waals surface area contributed by atoms with Gasteiger partial charge in [-0.05, 0) is 37.3 Å². The molecule has 3 N–H and O–H groups in total. The Morgan fingerprint density at radius 3 is 2.77 bits per heavy atom. The number of carbonyl (C=O) groups is 2. The highest BCUT2D eigenvalue weighted by Gasteiger charge is 2.29. The molecule has 0 spiro atoms. The van der Waals surface area contributed by atoms with Gasteiger partial charge in [-0.25, -0.2) is 13.4 Å². The maximum absolute atomic E-state index is 12.8. The molecule has 4 rings (SSSR count). The lowest BCUT2D eigenvalue weighted by atomic mass is 10.2. The molecule has 0 bridgehead atoms. The number of H-pyrrole nitrogens is 1. The van der Waals surface area contributed by atoms with E-state index in [1.165, 1.54) is 18.2 Å². The largest absolute Gasteiger partial charge is 0.354 e. The highest BCUT2D eigenvalue weighted by atomic mass is 32.2. The molecule has 156 valence electrons. The summed E-state index contributed by atoms with van der Waals surface area (Å²) >= 11 is 0. The Kier molecular flexibility index (Phi) is 5.27. The van der Waals surface area contributed by atoms with Crippen LogP contribution in [0.25, 0.3) is 11.0 Å². The molecule has 9 nitrogen and oxygen atoms in total. The summed E-state index contributed by atoms with van der Waals surface area (Å²) in [6, 6.07) is 12.9. The number of amides is 2. The molecule has 1 aromatic heterocycles. The predicted octanol–water partition coefficient (Wildman–Crippen LogP) is 1.17. The van der Waals surface area contributed by atoms with Gasteiger partial charge in [0.15, 0.2) is 0 Å². The number of piperazine rings is 1. The average molecular weight is 427 g/mol. The molecular formula is C20H21N5O4S. The van der Waals surface area contributed by atoms with E-state index in [-0.39, 0.29) is 36.0 Å². The first-order chi connectivity index (χ1) is 14.3. The Labute approximate surface area is 173 Å². The number of hydrogen-bond acceptors (Lipinski definition) is 5. The molecule has 1 atom stereocenters. The van der Waals surface area contributed by atoms with Crippen molar-refractivity contribution in [2.75, 3.05) is 19.6 Å². The van der Waals surface area contributed by atoms with Gasteiger partial charge in [-0.15, -0.1) is 0 Å². The number of aromatic nitrogens is 2. The number of hydrogen-bond donors (Lipinski definition) is 3. The minimum absolute atomic E-state index is 0.0266. The third-order valence-corrected chi connectivity index (χ3v) is 6.74. The van der Waals surface area contributed by atoms with Crippen LogP contribution in [0.15, 0.2) is 53.4 Å². The number of rotatable bonds is 5. The maximum atomic E-state index is 12.8. The van der Waals surface area contributed by atoms with Crippen molar-refractivity contribution < 1.29 is 18.0 Å². The smallest absolute Gasteiger partial charge is 0.251 e. The van der Waals surface area contributed by atoms with Crippen LogP contribution in [0.4, 0.5) is 0 Å². The molecule has 30 heavy (non-hydrogen) atoms. The highest BCUT2D eigenvalue weighted by Crippen LogP contribution is 2.19. The maximum Gasteiger partial charge on any atom is 0.251 e. The normalized spacial score (nSPS) is 16.2. The van der Waals surface area contributed by atoms with Crippen molar-refractivity contribution in [2.45, 2.75) is 17.9 Å². The van der Waals surface area contributed by atoms with E-state index in [9.17, 15) is 18.0 Å². The van der Waals surface area contributed by atoms with Gasteiger partial charge in [-0.2, -0.15) is 4.31 Å². The van der Waals surface area contributed by atoms with Crippen molar-refractivity contribution in [3.8, 4) is 0 Å². The van der Waals surface area contributed by atoms with Gasteiger partial charge in [0.1, 0.15) is 5.82 Å². The number of carbonyl (C=O) groups excluding carboxylic acids is 2. The van der Waals surface area contributed by atoms with Crippen molar-refractivity contribution in [1.29, 1.82) is 0 Å². The number of aromatic amines is 1. The number of benzene rings is 2. The summed E-state index contributed by atoms with van der Waals surface area (Å²) in [6.45, 7) is 2.01. The second-order valence-electron chi connectivity index (χ2n) is 7.05. The molecule has 2 amide bonds. The van der Waals surface area contributed by atoms with Crippen LogP contribution < -0.4 is 10.6 Å². The molecule has 3 aromatic rings. The van der Waals surface area contributed by atoms with Crippen LogP contribution in [0, 0.1) is 0 Å². The van der Waals surface area contributed by atoms with Crippen molar-refractivity contribution >= 4 is 32.9 Å². The summed E-state index contributed by atoms with van der Waals surface area (Å²) in [5, 5.41) is 5.43. The Morgan fingerprint density at radius 2 is 2.00 bits per heavy atom. The van der Waals surface area contributed by atoms with Crippen molar-refractivity contribution in [3.05, 3.63) is 59.9 Å². The number of para-hydroxylation sites is 2. The lowest BCUT2D eigenvalue weighted by molar-refractivity contribution is -0.122. The zero-order valence-corrected chi connectivity index (χ0v) is 17.1. The van der Waals surface area contributed by atoms with Gasteiger partial charge in [-0.3, -0.25) is 9.59 Å². The first-order valence-corrected chi connectivity index (χ1v) is 10.9. The Morgan fingerprint density at radius 1 is 1.20 bits per heavy atom. The van der Waals surface area contributed by atoms with E-state index in [0.29, 0.717) is 5.82 Å². The van der Waals surface area contributed by atoms with Gasteiger partial charge in [0.2, 0.25) is 15.9 Å². The van der Waals surface area contributed by atoms with Crippen LogP contribution in [0.3, 0.4) is 0 Å².